The molecule has 0 aliphatic carbocycles. The lowest BCUT2D eigenvalue weighted by molar-refractivity contribution is -0.0805. The number of hydrogen-bond acceptors (Lipinski definition) is 2. The molecule has 2 heteroatoms. The molecular formula is C13H19NO. The van der Waals surface area contributed by atoms with Crippen LogP contribution in [0.25, 0.3) is 0 Å². The number of likely N-dealkylation sites (tertiary alicyclic amines) is 1. The molecule has 2 rings (SSSR count). The van der Waals surface area contributed by atoms with Crippen LogP contribution in [0.15, 0.2) is 30.3 Å². The summed E-state index contributed by atoms with van der Waals surface area (Å²) in [5.41, 5.74) is 0.520. The quantitative estimate of drug-likeness (QED) is 0.816. The Morgan fingerprint density at radius 1 is 1.20 bits per heavy atom. The lowest BCUT2D eigenvalue weighted by Gasteiger charge is -2.33. The van der Waals surface area contributed by atoms with Gasteiger partial charge in [-0.3, -0.25) is 4.90 Å². The van der Waals surface area contributed by atoms with Gasteiger partial charge in [-0.1, -0.05) is 30.3 Å². The Kier molecular flexibility index (Phi) is 3.08. The Morgan fingerprint density at radius 3 is 2.40 bits per heavy atom. The van der Waals surface area contributed by atoms with E-state index in [1.807, 2.05) is 25.1 Å². The second-order valence-electron chi connectivity index (χ2n) is 4.57. The smallest absolute Gasteiger partial charge is 0.119 e. The fourth-order valence-electron chi connectivity index (χ4n) is 2.29. The summed E-state index contributed by atoms with van der Waals surface area (Å²) in [7, 11) is 0. The van der Waals surface area contributed by atoms with Gasteiger partial charge in [-0.25, -0.2) is 0 Å². The zero-order valence-electron chi connectivity index (χ0n) is 9.32. The van der Waals surface area contributed by atoms with Crippen molar-refractivity contribution >= 4 is 0 Å². The van der Waals surface area contributed by atoms with Gasteiger partial charge in [0.1, 0.15) is 5.72 Å². The summed E-state index contributed by atoms with van der Waals surface area (Å²) in [5, 5.41) is 10.4. The second kappa shape index (κ2) is 4.33. The van der Waals surface area contributed by atoms with Crippen molar-refractivity contribution in [2.75, 3.05) is 13.1 Å². The summed E-state index contributed by atoms with van der Waals surface area (Å²) in [6.45, 7) is 3.98. The van der Waals surface area contributed by atoms with Crippen molar-refractivity contribution < 1.29 is 5.11 Å². The van der Waals surface area contributed by atoms with Crippen LogP contribution in [0.1, 0.15) is 25.3 Å². The molecule has 2 nitrogen and oxygen atoms in total. The van der Waals surface area contributed by atoms with Gasteiger partial charge < -0.3 is 5.11 Å². The Hall–Kier alpha value is -0.860. The summed E-state index contributed by atoms with van der Waals surface area (Å²) >= 11 is 0. The minimum atomic E-state index is -0.683. The minimum Gasteiger partial charge on any atom is -0.376 e. The average Bonchev–Trinajstić information content (AvgIpc) is 2.71. The van der Waals surface area contributed by atoms with E-state index in [1.54, 1.807) is 0 Å². The van der Waals surface area contributed by atoms with Gasteiger partial charge in [0.2, 0.25) is 0 Å². The van der Waals surface area contributed by atoms with Crippen LogP contribution < -0.4 is 0 Å². The normalized spacial score (nSPS) is 21.5. The van der Waals surface area contributed by atoms with E-state index in [1.165, 1.54) is 18.4 Å². The van der Waals surface area contributed by atoms with Gasteiger partial charge in [-0.05, 0) is 25.3 Å². The van der Waals surface area contributed by atoms with Gasteiger partial charge in [0.15, 0.2) is 0 Å². The first kappa shape index (κ1) is 10.7. The van der Waals surface area contributed by atoms with Crippen LogP contribution in [0.5, 0.6) is 0 Å². The lowest BCUT2D eigenvalue weighted by Crippen LogP contribution is -2.46. The topological polar surface area (TPSA) is 23.5 Å². The Morgan fingerprint density at radius 2 is 1.80 bits per heavy atom. The van der Waals surface area contributed by atoms with E-state index in [4.69, 9.17) is 0 Å². The maximum atomic E-state index is 10.4. The van der Waals surface area contributed by atoms with E-state index in [9.17, 15) is 5.11 Å². The fraction of sp³-hybridized carbons (Fsp3) is 0.538. The fourth-order valence-corrected chi connectivity index (χ4v) is 2.29. The van der Waals surface area contributed by atoms with Gasteiger partial charge in [0.05, 0.1) is 0 Å². The van der Waals surface area contributed by atoms with E-state index in [0.717, 1.165) is 13.1 Å². The summed E-state index contributed by atoms with van der Waals surface area (Å²) in [6.07, 6.45) is 3.14. The molecule has 1 aromatic rings. The molecule has 1 aliphatic heterocycles. The van der Waals surface area contributed by atoms with Crippen LogP contribution in [-0.2, 0) is 6.42 Å². The molecule has 1 saturated heterocycles. The predicted octanol–water partition coefficient (Wildman–Crippen LogP) is 2.03. The first-order valence-corrected chi connectivity index (χ1v) is 5.70. The van der Waals surface area contributed by atoms with Crippen molar-refractivity contribution in [1.29, 1.82) is 0 Å². The molecule has 1 atom stereocenters. The standard InChI is InChI=1S/C13H19NO/c1-13(15,14-9-5-6-10-14)11-12-7-3-2-4-8-12/h2-4,7-8,15H,5-6,9-11H2,1H3/t13-/m0/s1. The maximum Gasteiger partial charge on any atom is 0.119 e. The first-order chi connectivity index (χ1) is 7.18. The summed E-state index contributed by atoms with van der Waals surface area (Å²) < 4.78 is 0. The van der Waals surface area contributed by atoms with Crippen LogP contribution in [0.3, 0.4) is 0 Å². The third kappa shape index (κ3) is 2.58. The molecule has 0 aromatic heterocycles. The third-order valence-electron chi connectivity index (χ3n) is 3.17. The minimum absolute atomic E-state index is 0.683. The molecule has 82 valence electrons. The first-order valence-electron chi connectivity index (χ1n) is 5.70. The van der Waals surface area contributed by atoms with Crippen molar-refractivity contribution in [3.05, 3.63) is 35.9 Å². The monoisotopic (exact) mass is 205 g/mol. The Labute approximate surface area is 91.5 Å². The number of nitrogens with zero attached hydrogens (tertiary/aromatic N) is 1. The molecule has 1 aliphatic rings. The predicted molar refractivity (Wildman–Crippen MR) is 61.6 cm³/mol. The largest absolute Gasteiger partial charge is 0.376 e. The van der Waals surface area contributed by atoms with Gasteiger partial charge in [-0.2, -0.15) is 0 Å². The highest BCUT2D eigenvalue weighted by molar-refractivity contribution is 5.16. The molecule has 1 aromatic carbocycles. The third-order valence-corrected chi connectivity index (χ3v) is 3.17. The number of hydrogen-bond donors (Lipinski definition) is 1. The molecule has 0 amide bonds. The van der Waals surface area contributed by atoms with Crippen molar-refractivity contribution in [3.8, 4) is 0 Å². The molecule has 1 heterocycles. The van der Waals surface area contributed by atoms with E-state index in [2.05, 4.69) is 17.0 Å². The molecule has 0 radical (unpaired) electrons. The number of benzene rings is 1. The van der Waals surface area contributed by atoms with E-state index in [-0.39, 0.29) is 0 Å². The highest BCUT2D eigenvalue weighted by atomic mass is 16.3. The van der Waals surface area contributed by atoms with Crippen molar-refractivity contribution in [1.82, 2.24) is 4.90 Å². The highest BCUT2D eigenvalue weighted by Gasteiger charge is 2.30. The Bertz CT molecular complexity index is 302. The number of rotatable bonds is 3. The molecule has 0 unspecified atom stereocenters. The van der Waals surface area contributed by atoms with E-state index in [0.29, 0.717) is 6.42 Å². The van der Waals surface area contributed by atoms with E-state index < -0.39 is 5.72 Å². The highest BCUT2D eigenvalue weighted by Crippen LogP contribution is 2.22. The van der Waals surface area contributed by atoms with Gasteiger partial charge >= 0.3 is 0 Å². The van der Waals surface area contributed by atoms with Crippen LogP contribution in [0.4, 0.5) is 0 Å². The molecular weight excluding hydrogens is 186 g/mol. The van der Waals surface area contributed by atoms with E-state index >= 15 is 0 Å². The molecule has 1 fully saturated rings. The molecule has 1 N–H and O–H groups in total. The van der Waals surface area contributed by atoms with Crippen LogP contribution in [-0.4, -0.2) is 28.8 Å². The average molecular weight is 205 g/mol. The zero-order chi connectivity index (χ0) is 10.7. The lowest BCUT2D eigenvalue weighted by atomic mass is 10.0. The number of aliphatic hydroxyl groups is 1. The SMILES string of the molecule is C[C@](O)(Cc1ccccc1)N1CCCC1. The van der Waals surface area contributed by atoms with Gasteiger partial charge in [0.25, 0.3) is 0 Å². The van der Waals surface area contributed by atoms with Crippen LogP contribution >= 0.6 is 0 Å². The van der Waals surface area contributed by atoms with Crippen LogP contribution in [0, 0.1) is 0 Å². The maximum absolute atomic E-state index is 10.4. The molecule has 0 spiro atoms. The van der Waals surface area contributed by atoms with Crippen molar-refractivity contribution in [2.45, 2.75) is 31.9 Å². The summed E-state index contributed by atoms with van der Waals surface area (Å²) in [5.74, 6) is 0. The molecule has 15 heavy (non-hydrogen) atoms. The van der Waals surface area contributed by atoms with Gasteiger partial charge in [0, 0.05) is 19.5 Å². The summed E-state index contributed by atoms with van der Waals surface area (Å²) in [4.78, 5) is 2.18. The molecule has 0 bridgehead atoms. The molecule has 0 saturated carbocycles. The zero-order valence-corrected chi connectivity index (χ0v) is 9.32. The van der Waals surface area contributed by atoms with Crippen molar-refractivity contribution in [2.24, 2.45) is 0 Å². The van der Waals surface area contributed by atoms with Gasteiger partial charge in [-0.15, -0.1) is 0 Å². The summed E-state index contributed by atoms with van der Waals surface area (Å²) in [6, 6.07) is 10.2. The van der Waals surface area contributed by atoms with Crippen molar-refractivity contribution in [3.63, 3.8) is 0 Å². The Balaban J connectivity index is 2.03. The van der Waals surface area contributed by atoms with Crippen LogP contribution in [0.2, 0.25) is 0 Å². The second-order valence-corrected chi connectivity index (χ2v) is 4.57.